The first-order valence-electron chi connectivity index (χ1n) is 13.4. The van der Waals surface area contributed by atoms with Gasteiger partial charge in [0.05, 0.1) is 0 Å². The van der Waals surface area contributed by atoms with E-state index in [1.807, 2.05) is 0 Å². The van der Waals surface area contributed by atoms with Gasteiger partial charge in [-0.15, -0.1) is 0 Å². The third-order valence-corrected chi connectivity index (χ3v) is 8.36. The van der Waals surface area contributed by atoms with Crippen LogP contribution in [0.3, 0.4) is 0 Å². The van der Waals surface area contributed by atoms with Crippen molar-refractivity contribution in [1.29, 1.82) is 0 Å². The van der Waals surface area contributed by atoms with Crippen molar-refractivity contribution < 1.29 is 180 Å². The number of rotatable bonds is 18. The normalized spacial score (nSPS) is 16.7. The fraction of sp³-hybridized carbons (Fsp3) is 1.00. The van der Waals surface area contributed by atoms with Crippen molar-refractivity contribution in [2.45, 2.75) is 107 Å². The Morgan fingerprint density at radius 1 is 0.175 bits per heavy atom. The Labute approximate surface area is 319 Å². The van der Waals surface area contributed by atoms with Crippen LogP contribution in [-0.4, -0.2) is 138 Å². The number of hydrogen-bond donors (Lipinski definition) is 0. The van der Waals surface area contributed by atoms with Crippen molar-refractivity contribution in [2.24, 2.45) is 0 Å². The molecule has 0 aromatic rings. The molecule has 0 saturated carbocycles. The second-order valence-electron chi connectivity index (χ2n) is 11.2. The summed E-state index contributed by atoms with van der Waals surface area (Å²) in [4.78, 5) is 0. The molecule has 0 fully saturated rings. The minimum Gasteiger partial charge on any atom is -0.379 e. The second-order valence-corrected chi connectivity index (χ2v) is 13.2. The van der Waals surface area contributed by atoms with Gasteiger partial charge < -0.3 is 13.3 Å². The summed E-state index contributed by atoms with van der Waals surface area (Å²) in [5.41, 5.74) is 0. The Balaban J connectivity index is 0. The molecular weight excluding hydrogens is 1050 g/mol. The van der Waals surface area contributed by atoms with E-state index < -0.39 is 117 Å². The molecule has 0 aliphatic rings. The van der Waals surface area contributed by atoms with Gasteiger partial charge in [-0.2, -0.15) is 167 Å². The summed E-state index contributed by atoms with van der Waals surface area (Å²) in [5, 5.41) is 0. The average molecular weight is 1060 g/mol. The lowest BCUT2D eigenvalue weighted by Crippen LogP contribution is -2.80. The van der Waals surface area contributed by atoms with Gasteiger partial charge in [-0.3, -0.25) is 0 Å². The topological polar surface area (TPSA) is 27.7 Å². The number of alkyl halides is 38. The minimum absolute atomic E-state index is 1.57. The highest BCUT2D eigenvalue weighted by Gasteiger charge is 3.02. The van der Waals surface area contributed by atoms with Crippen LogP contribution < -0.4 is 0 Å². The minimum atomic E-state index is -10.5. The maximum absolute atomic E-state index is 13.8. The molecule has 0 aliphatic heterocycles. The van der Waals surface area contributed by atoms with E-state index in [2.05, 4.69) is 0 Å². The fourth-order valence-corrected chi connectivity index (χ4v) is 3.98. The molecule has 0 aromatic heterocycles. The molecule has 3 nitrogen and oxygen atoms in total. The van der Waals surface area contributed by atoms with Gasteiger partial charge in [-0.05, 0) is 0 Å². The van der Waals surface area contributed by atoms with E-state index in [4.69, 9.17) is 13.3 Å². The first-order chi connectivity index (χ1) is 26.6. The summed E-state index contributed by atoms with van der Waals surface area (Å²) < 4.78 is 517. The third kappa shape index (κ3) is 8.01. The quantitative estimate of drug-likeness (QED) is 0.101. The Kier molecular flexibility index (Phi) is 16.2. The summed E-state index contributed by atoms with van der Waals surface area (Å²) in [6, 6.07) is 0. The lowest BCUT2D eigenvalue weighted by Gasteiger charge is -2.47. The summed E-state index contributed by atoms with van der Waals surface area (Å²) in [5.74, 6) is -160. The summed E-state index contributed by atoms with van der Waals surface area (Å²) in [6.07, 6.45) is -16.9. The van der Waals surface area contributed by atoms with Gasteiger partial charge in [-0.1, -0.05) is 0 Å². The van der Waals surface area contributed by atoms with Crippen LogP contribution in [0.5, 0.6) is 0 Å². The molecule has 0 amide bonds. The smallest absolute Gasteiger partial charge is 0.379 e. The maximum atomic E-state index is 13.8. The lowest BCUT2D eigenvalue weighted by atomic mass is 9.82. The largest absolute Gasteiger partial charge is 0.483 e. The van der Waals surface area contributed by atoms with Gasteiger partial charge in [0.1, 0.15) is 0 Å². The molecule has 0 spiro atoms. The van der Waals surface area contributed by atoms with E-state index in [0.717, 1.165) is 0 Å². The Morgan fingerprint density at radius 2 is 0.254 bits per heavy atom. The fourth-order valence-electron chi connectivity index (χ4n) is 3.41. The molecule has 0 saturated heterocycles. The highest BCUT2D eigenvalue weighted by atomic mass is 28.3. The highest BCUT2D eigenvalue weighted by Crippen LogP contribution is 2.70. The van der Waals surface area contributed by atoms with Crippen molar-refractivity contribution in [3.05, 3.63) is 0 Å². The first-order valence-corrected chi connectivity index (χ1v) is 14.8. The predicted molar refractivity (Wildman–Crippen MR) is 119 cm³/mol. The van der Waals surface area contributed by atoms with Crippen LogP contribution in [0.1, 0.15) is 0 Å². The van der Waals surface area contributed by atoms with Crippen LogP contribution in [-0.2, 0) is 13.3 Å². The molecule has 0 rings (SSSR count). The third-order valence-electron chi connectivity index (χ3n) is 7.20. The van der Waals surface area contributed by atoms with E-state index in [1.165, 1.54) is 0 Å². The Bertz CT molecular complexity index is 1440. The molecule has 0 unspecified atom stereocenters. The Morgan fingerprint density at radius 3 is 0.302 bits per heavy atom. The van der Waals surface area contributed by atoms with E-state index in [0.29, 0.717) is 0 Å². The summed E-state index contributed by atoms with van der Waals surface area (Å²) >= 11 is 0. The SMILES string of the molecule is CO[SiH](OC)OC.FC(F)(F)C(F)(F)C(F)(F)C(F)(F)C(F)(F)C(F)(F)C(F)(F)C(F)(F)C(F)(F)C(F)(F)C(F)(F)C(F)(F)C(F)(F)C(F)(F)C(F)(F)C(F)(F)C(F)(F)C(F)(F)F. The second kappa shape index (κ2) is 16.3. The van der Waals surface area contributed by atoms with Crippen molar-refractivity contribution in [3.63, 3.8) is 0 Å². The lowest BCUT2D eigenvalue weighted by molar-refractivity contribution is -0.494. The first kappa shape index (κ1) is 62.5. The molecule has 63 heavy (non-hydrogen) atoms. The molecule has 0 bridgehead atoms. The maximum Gasteiger partial charge on any atom is 0.483 e. The van der Waals surface area contributed by atoms with Crippen LogP contribution in [0.15, 0.2) is 0 Å². The van der Waals surface area contributed by atoms with Crippen LogP contribution in [0, 0.1) is 0 Å². The van der Waals surface area contributed by atoms with Crippen molar-refractivity contribution in [3.8, 4) is 0 Å². The van der Waals surface area contributed by atoms with Crippen LogP contribution in [0.4, 0.5) is 167 Å². The van der Waals surface area contributed by atoms with E-state index in [-0.39, 0.29) is 0 Å². The molecule has 382 valence electrons. The Hall–Kier alpha value is -2.56. The number of hydrogen-bond acceptors (Lipinski definition) is 3. The average Bonchev–Trinajstić information content (AvgIpc) is 3.06. The van der Waals surface area contributed by atoms with Crippen LogP contribution >= 0.6 is 0 Å². The summed E-state index contributed by atoms with van der Waals surface area (Å²) in [6.45, 7) is 0. The molecule has 0 radical (unpaired) electrons. The van der Waals surface area contributed by atoms with Crippen molar-refractivity contribution in [1.82, 2.24) is 0 Å². The zero-order chi connectivity index (χ0) is 52.7. The van der Waals surface area contributed by atoms with Gasteiger partial charge in [0.25, 0.3) is 0 Å². The molecule has 0 N–H and O–H groups in total. The van der Waals surface area contributed by atoms with Gasteiger partial charge in [0.2, 0.25) is 0 Å². The zero-order valence-electron chi connectivity index (χ0n) is 28.2. The standard InChI is InChI=1S/C18F38.C3H10O3Si/c19-1(20,3(23,24)5(27,28)7(31,32)9(35,36)11(39,40)13(43,44)15(47,48)17(51,52)53)2(21,22)4(25,26)6(29,30)8(33,34)10(37,38)12(41,42)14(45,46)16(49,50)18(54,55)56;1-4-7(5-2)6-3/h;7H,1-3H3. The number of halogens is 38. The van der Waals surface area contributed by atoms with Gasteiger partial charge in [-0.25, -0.2) is 0 Å². The van der Waals surface area contributed by atoms with Gasteiger partial charge in [0.15, 0.2) is 0 Å². The summed E-state index contributed by atoms with van der Waals surface area (Å²) in [7, 11) is 3.05. The highest BCUT2D eigenvalue weighted by molar-refractivity contribution is 6.36. The zero-order valence-corrected chi connectivity index (χ0v) is 29.3. The molecule has 0 heterocycles. The molecule has 42 heteroatoms. The van der Waals surface area contributed by atoms with Gasteiger partial charge >= 0.3 is 117 Å². The van der Waals surface area contributed by atoms with Crippen molar-refractivity contribution in [2.75, 3.05) is 21.3 Å². The molecule has 0 aromatic carbocycles. The molecule has 0 aliphatic carbocycles. The van der Waals surface area contributed by atoms with E-state index >= 15 is 0 Å². The van der Waals surface area contributed by atoms with Crippen LogP contribution in [0.25, 0.3) is 0 Å². The van der Waals surface area contributed by atoms with Crippen LogP contribution in [0.2, 0.25) is 0 Å². The molecular formula is C21H10F38O3Si. The van der Waals surface area contributed by atoms with Crippen molar-refractivity contribution >= 4 is 9.53 Å². The predicted octanol–water partition coefficient (Wildman–Crippen LogP) is 11.9. The monoisotopic (exact) mass is 1060 g/mol. The van der Waals surface area contributed by atoms with Gasteiger partial charge in [0, 0.05) is 21.3 Å². The van der Waals surface area contributed by atoms with E-state index in [9.17, 15) is 167 Å². The van der Waals surface area contributed by atoms with E-state index in [1.54, 1.807) is 21.3 Å². The molecule has 0 atom stereocenters.